The Morgan fingerprint density at radius 3 is 2.30 bits per heavy atom. The molecule has 0 aliphatic carbocycles. The van der Waals surface area contributed by atoms with Crippen LogP contribution in [0.3, 0.4) is 0 Å². The smallest absolute Gasteiger partial charge is 0.352 e. The maximum absolute atomic E-state index is 12.9. The zero-order valence-electron chi connectivity index (χ0n) is 13.9. The Bertz CT molecular complexity index is 821. The lowest BCUT2D eigenvalue weighted by molar-refractivity contribution is -0.137. The van der Waals surface area contributed by atoms with Crippen molar-refractivity contribution in [1.82, 2.24) is 9.88 Å². The number of halogens is 5. The van der Waals surface area contributed by atoms with Crippen molar-refractivity contribution in [3.8, 4) is 0 Å². The Morgan fingerprint density at radius 2 is 1.74 bits per heavy atom. The second kappa shape index (κ2) is 7.59. The number of hydrogen-bond donors (Lipinski definition) is 1. The summed E-state index contributed by atoms with van der Waals surface area (Å²) in [5.74, 6) is -0.147. The van der Waals surface area contributed by atoms with Crippen LogP contribution in [0.4, 0.5) is 33.9 Å². The summed E-state index contributed by atoms with van der Waals surface area (Å²) < 4.78 is 51.0. The third-order valence-electron chi connectivity index (χ3n) is 4.11. The van der Waals surface area contributed by atoms with Crippen LogP contribution in [0.25, 0.3) is 0 Å². The number of urea groups is 1. The number of aromatic nitrogens is 1. The van der Waals surface area contributed by atoms with Crippen LogP contribution in [0.15, 0.2) is 36.5 Å². The third-order valence-corrected chi connectivity index (χ3v) is 4.39. The average molecular weight is 403 g/mol. The van der Waals surface area contributed by atoms with E-state index in [1.54, 1.807) is 9.80 Å². The number of anilines is 2. The van der Waals surface area contributed by atoms with E-state index in [0.717, 1.165) is 12.3 Å². The first kappa shape index (κ1) is 19.2. The predicted octanol–water partition coefficient (Wildman–Crippen LogP) is 4.25. The van der Waals surface area contributed by atoms with Crippen LogP contribution >= 0.6 is 11.6 Å². The fourth-order valence-electron chi connectivity index (χ4n) is 2.68. The second-order valence-corrected chi connectivity index (χ2v) is 6.35. The molecule has 1 N–H and O–H groups in total. The van der Waals surface area contributed by atoms with Gasteiger partial charge in [0.15, 0.2) is 0 Å². The molecular weight excluding hydrogens is 388 g/mol. The molecule has 0 radical (unpaired) electrons. The van der Waals surface area contributed by atoms with Gasteiger partial charge in [0.2, 0.25) is 0 Å². The highest BCUT2D eigenvalue weighted by atomic mass is 35.5. The van der Waals surface area contributed by atoms with Gasteiger partial charge in [-0.05, 0) is 30.3 Å². The lowest BCUT2D eigenvalue weighted by Gasteiger charge is -2.35. The maximum atomic E-state index is 12.9. The molecule has 1 fully saturated rings. The molecule has 3 rings (SSSR count). The van der Waals surface area contributed by atoms with Crippen LogP contribution in [-0.4, -0.2) is 42.1 Å². The Labute approximate surface area is 157 Å². The quantitative estimate of drug-likeness (QED) is 0.764. The van der Waals surface area contributed by atoms with E-state index in [0.29, 0.717) is 31.9 Å². The lowest BCUT2D eigenvalue weighted by atomic mass is 10.2. The molecule has 27 heavy (non-hydrogen) atoms. The van der Waals surface area contributed by atoms with Gasteiger partial charge in [-0.15, -0.1) is 0 Å². The molecule has 0 bridgehead atoms. The number of pyridine rings is 1. The molecule has 2 heterocycles. The van der Waals surface area contributed by atoms with E-state index in [9.17, 15) is 22.4 Å². The minimum atomic E-state index is -4.51. The molecule has 1 aliphatic heterocycles. The molecule has 1 aromatic heterocycles. The number of benzene rings is 1. The molecule has 0 unspecified atom stereocenters. The van der Waals surface area contributed by atoms with Crippen molar-refractivity contribution in [2.75, 3.05) is 36.4 Å². The van der Waals surface area contributed by atoms with E-state index in [4.69, 9.17) is 11.6 Å². The normalized spacial score (nSPS) is 15.0. The predicted molar refractivity (Wildman–Crippen MR) is 93.5 cm³/mol. The molecule has 0 atom stereocenters. The Kier molecular flexibility index (Phi) is 5.41. The van der Waals surface area contributed by atoms with Crippen LogP contribution < -0.4 is 10.2 Å². The molecule has 1 aliphatic rings. The number of nitrogens with zero attached hydrogens (tertiary/aromatic N) is 3. The van der Waals surface area contributed by atoms with Gasteiger partial charge in [-0.3, -0.25) is 0 Å². The lowest BCUT2D eigenvalue weighted by Crippen LogP contribution is -2.50. The molecule has 144 valence electrons. The summed E-state index contributed by atoms with van der Waals surface area (Å²) in [6, 6.07) is 5.90. The number of nitrogens with one attached hydrogen (secondary N) is 1. The number of rotatable bonds is 2. The SMILES string of the molecule is O=C(Nc1ccc(F)cc1)N1CCN(c2ncc(C(F)(F)F)cc2Cl)CC1. The van der Waals surface area contributed by atoms with Crippen LogP contribution in [0, 0.1) is 5.82 Å². The topological polar surface area (TPSA) is 48.5 Å². The first-order chi connectivity index (χ1) is 12.7. The van der Waals surface area contributed by atoms with Crippen molar-refractivity contribution >= 4 is 29.1 Å². The highest BCUT2D eigenvalue weighted by Crippen LogP contribution is 2.33. The molecule has 10 heteroatoms. The Hall–Kier alpha value is -2.55. The van der Waals surface area contributed by atoms with Crippen LogP contribution in [0.1, 0.15) is 5.56 Å². The summed E-state index contributed by atoms with van der Waals surface area (Å²) in [4.78, 5) is 19.4. The monoisotopic (exact) mass is 402 g/mol. The maximum Gasteiger partial charge on any atom is 0.417 e. The molecule has 2 amide bonds. The molecule has 0 spiro atoms. The summed E-state index contributed by atoms with van der Waals surface area (Å²) in [5, 5.41) is 2.58. The Morgan fingerprint density at radius 1 is 1.11 bits per heavy atom. The van der Waals surface area contributed by atoms with Crippen molar-refractivity contribution in [2.24, 2.45) is 0 Å². The van der Waals surface area contributed by atoms with Gasteiger partial charge in [0.25, 0.3) is 0 Å². The van der Waals surface area contributed by atoms with Crippen LogP contribution in [0.2, 0.25) is 5.02 Å². The first-order valence-electron chi connectivity index (χ1n) is 8.03. The van der Waals surface area contributed by atoms with Gasteiger partial charge >= 0.3 is 12.2 Å². The molecule has 1 aromatic carbocycles. The third kappa shape index (κ3) is 4.60. The van der Waals surface area contributed by atoms with E-state index >= 15 is 0 Å². The average Bonchev–Trinajstić information content (AvgIpc) is 2.63. The number of piperazine rings is 1. The largest absolute Gasteiger partial charge is 0.417 e. The van der Waals surface area contributed by atoms with Gasteiger partial charge < -0.3 is 15.1 Å². The van der Waals surface area contributed by atoms with Crippen molar-refractivity contribution < 1.29 is 22.4 Å². The summed E-state index contributed by atoms with van der Waals surface area (Å²) in [5.41, 5.74) is -0.440. The van der Waals surface area contributed by atoms with Gasteiger partial charge in [-0.25, -0.2) is 14.2 Å². The Balaban J connectivity index is 1.60. The van der Waals surface area contributed by atoms with Gasteiger partial charge in [0, 0.05) is 38.1 Å². The van der Waals surface area contributed by atoms with E-state index in [-0.39, 0.29) is 16.9 Å². The van der Waals surface area contributed by atoms with Gasteiger partial charge in [-0.1, -0.05) is 11.6 Å². The van der Waals surface area contributed by atoms with Crippen molar-refractivity contribution in [2.45, 2.75) is 6.18 Å². The highest BCUT2D eigenvalue weighted by Gasteiger charge is 2.32. The fourth-order valence-corrected chi connectivity index (χ4v) is 2.96. The highest BCUT2D eigenvalue weighted by molar-refractivity contribution is 6.33. The summed E-state index contributed by atoms with van der Waals surface area (Å²) in [6.45, 7) is 1.42. The number of hydrogen-bond acceptors (Lipinski definition) is 3. The van der Waals surface area contributed by atoms with Crippen LogP contribution in [0.5, 0.6) is 0 Å². The van der Waals surface area contributed by atoms with Crippen LogP contribution in [-0.2, 0) is 6.18 Å². The zero-order chi connectivity index (χ0) is 19.6. The fraction of sp³-hybridized carbons (Fsp3) is 0.294. The number of carbonyl (C=O) groups excluding carboxylic acids is 1. The van der Waals surface area contributed by atoms with Gasteiger partial charge in [0.1, 0.15) is 11.6 Å². The molecule has 2 aromatic rings. The minimum Gasteiger partial charge on any atom is -0.352 e. The van der Waals surface area contributed by atoms with Gasteiger partial charge in [0.05, 0.1) is 10.6 Å². The number of alkyl halides is 3. The summed E-state index contributed by atoms with van der Waals surface area (Å²) >= 11 is 5.96. The summed E-state index contributed by atoms with van der Waals surface area (Å²) in [7, 11) is 0. The molecule has 1 saturated heterocycles. The van der Waals surface area contributed by atoms with Crippen molar-refractivity contribution in [3.05, 3.63) is 52.9 Å². The second-order valence-electron chi connectivity index (χ2n) is 5.94. The van der Waals surface area contributed by atoms with E-state index in [2.05, 4.69) is 10.3 Å². The van der Waals surface area contributed by atoms with Gasteiger partial charge in [-0.2, -0.15) is 13.2 Å². The number of carbonyl (C=O) groups is 1. The zero-order valence-corrected chi connectivity index (χ0v) is 14.7. The molecule has 5 nitrogen and oxygen atoms in total. The van der Waals surface area contributed by atoms with Crippen molar-refractivity contribution in [3.63, 3.8) is 0 Å². The minimum absolute atomic E-state index is 0.0889. The number of amides is 2. The standard InChI is InChI=1S/C17H15ClF4N4O/c18-14-9-11(17(20,21)22)10-23-15(14)25-5-7-26(8-6-25)16(27)24-13-3-1-12(19)2-4-13/h1-4,9-10H,5-8H2,(H,24,27). The summed E-state index contributed by atoms with van der Waals surface area (Å²) in [6.07, 6.45) is -3.76. The van der Waals surface area contributed by atoms with Crippen molar-refractivity contribution in [1.29, 1.82) is 0 Å². The molecule has 0 saturated carbocycles. The van der Waals surface area contributed by atoms with E-state index in [1.807, 2.05) is 0 Å². The molecular formula is C17H15ClF4N4O. The first-order valence-corrected chi connectivity index (χ1v) is 8.41. The van der Waals surface area contributed by atoms with E-state index < -0.39 is 17.6 Å². The van der Waals surface area contributed by atoms with E-state index in [1.165, 1.54) is 24.3 Å².